The predicted molar refractivity (Wildman–Crippen MR) is 93.9 cm³/mol. The normalized spacial score (nSPS) is 12.6. The predicted octanol–water partition coefficient (Wildman–Crippen LogP) is 2.75. The SMILES string of the molecule is N#Cc1ccc(N(Cc2noc(CCCS(N)(=O)=O)n2)CC(F)(F)F)cc1C(F)(F)F. The van der Waals surface area contributed by atoms with Gasteiger partial charge < -0.3 is 9.42 Å². The van der Waals surface area contributed by atoms with E-state index in [-0.39, 0.29) is 30.3 Å². The van der Waals surface area contributed by atoms with Gasteiger partial charge in [-0.05, 0) is 24.6 Å². The summed E-state index contributed by atoms with van der Waals surface area (Å²) in [5.41, 5.74) is -2.57. The number of halogens is 6. The maximum Gasteiger partial charge on any atom is 0.417 e. The highest BCUT2D eigenvalue weighted by Gasteiger charge is 2.36. The Morgan fingerprint density at radius 3 is 2.42 bits per heavy atom. The van der Waals surface area contributed by atoms with E-state index in [1.807, 2.05) is 0 Å². The summed E-state index contributed by atoms with van der Waals surface area (Å²) in [6.07, 6.45) is -9.71. The zero-order chi connectivity index (χ0) is 23.4. The van der Waals surface area contributed by atoms with Crippen molar-refractivity contribution in [3.63, 3.8) is 0 Å². The van der Waals surface area contributed by atoms with Gasteiger partial charge in [0.25, 0.3) is 0 Å². The van der Waals surface area contributed by atoms with Gasteiger partial charge in [-0.25, -0.2) is 13.6 Å². The number of benzene rings is 1. The summed E-state index contributed by atoms with van der Waals surface area (Å²) in [6, 6.07) is 3.51. The van der Waals surface area contributed by atoms with Crippen molar-refractivity contribution in [2.24, 2.45) is 5.14 Å². The molecule has 15 heteroatoms. The van der Waals surface area contributed by atoms with Crippen LogP contribution in [0.5, 0.6) is 0 Å². The highest BCUT2D eigenvalue weighted by molar-refractivity contribution is 7.89. The standard InChI is InChI=1S/C16H15F6N5O3S/c17-15(18,19)9-27(11-4-3-10(7-23)12(6-11)16(20,21)22)8-13-25-14(30-26-13)2-1-5-31(24,28)29/h3-4,6H,1-2,5,8-9H2,(H2,24,28,29). The average molecular weight is 471 g/mol. The van der Waals surface area contributed by atoms with Crippen LogP contribution >= 0.6 is 0 Å². The molecule has 0 atom stereocenters. The van der Waals surface area contributed by atoms with Gasteiger partial charge in [-0.2, -0.15) is 36.6 Å². The van der Waals surface area contributed by atoms with Crippen LogP contribution in [0, 0.1) is 11.3 Å². The molecule has 2 aromatic rings. The Morgan fingerprint density at radius 1 is 1.19 bits per heavy atom. The van der Waals surface area contributed by atoms with Crippen molar-refractivity contribution >= 4 is 15.7 Å². The number of rotatable bonds is 8. The van der Waals surface area contributed by atoms with Crippen LogP contribution in [0.2, 0.25) is 0 Å². The Labute approximate surface area is 172 Å². The number of nitriles is 1. The molecule has 0 aliphatic rings. The van der Waals surface area contributed by atoms with Crippen LogP contribution in [-0.2, 0) is 29.2 Å². The smallest absolute Gasteiger partial charge is 0.355 e. The van der Waals surface area contributed by atoms with Gasteiger partial charge in [0, 0.05) is 12.1 Å². The second-order valence-corrected chi connectivity index (χ2v) is 8.12. The van der Waals surface area contributed by atoms with Crippen LogP contribution in [0.3, 0.4) is 0 Å². The first-order chi connectivity index (χ1) is 14.2. The fourth-order valence-corrected chi connectivity index (χ4v) is 3.11. The van der Waals surface area contributed by atoms with Crippen molar-refractivity contribution in [2.45, 2.75) is 31.7 Å². The minimum Gasteiger partial charge on any atom is -0.355 e. The van der Waals surface area contributed by atoms with Gasteiger partial charge in [0.2, 0.25) is 15.9 Å². The van der Waals surface area contributed by atoms with E-state index in [1.54, 1.807) is 0 Å². The number of hydrogen-bond acceptors (Lipinski definition) is 7. The molecule has 0 spiro atoms. The number of anilines is 1. The van der Waals surface area contributed by atoms with Crippen molar-refractivity contribution < 1.29 is 39.3 Å². The number of aromatic nitrogens is 2. The molecule has 0 saturated heterocycles. The van der Waals surface area contributed by atoms with Crippen molar-refractivity contribution in [1.82, 2.24) is 10.1 Å². The topological polar surface area (TPSA) is 126 Å². The third kappa shape index (κ3) is 7.72. The quantitative estimate of drug-likeness (QED) is 0.587. The first kappa shape index (κ1) is 24.4. The Hall–Kier alpha value is -2.86. The monoisotopic (exact) mass is 471 g/mol. The molecule has 2 rings (SSSR count). The van der Waals surface area contributed by atoms with Crippen LogP contribution in [0.15, 0.2) is 22.7 Å². The lowest BCUT2D eigenvalue weighted by molar-refractivity contribution is -0.137. The molecule has 2 N–H and O–H groups in total. The molecule has 0 fully saturated rings. The van der Waals surface area contributed by atoms with Crippen molar-refractivity contribution in [2.75, 3.05) is 17.2 Å². The zero-order valence-corrected chi connectivity index (χ0v) is 16.4. The number of hydrogen-bond donors (Lipinski definition) is 1. The van der Waals surface area contributed by atoms with Crippen molar-refractivity contribution in [1.29, 1.82) is 5.26 Å². The molecule has 0 unspecified atom stereocenters. The van der Waals surface area contributed by atoms with E-state index in [2.05, 4.69) is 10.1 Å². The summed E-state index contributed by atoms with van der Waals surface area (Å²) >= 11 is 0. The first-order valence-corrected chi connectivity index (χ1v) is 10.1. The fraction of sp³-hybridized carbons (Fsp3) is 0.438. The van der Waals surface area contributed by atoms with Crippen LogP contribution in [0.25, 0.3) is 0 Å². The van der Waals surface area contributed by atoms with Crippen LogP contribution in [0.1, 0.15) is 29.3 Å². The molecule has 1 aromatic carbocycles. The number of sulfonamides is 1. The lowest BCUT2D eigenvalue weighted by Crippen LogP contribution is -2.34. The Bertz CT molecular complexity index is 1060. The summed E-state index contributed by atoms with van der Waals surface area (Å²) in [4.78, 5) is 4.38. The Balaban J connectivity index is 2.28. The highest BCUT2D eigenvalue weighted by atomic mass is 32.2. The van der Waals surface area contributed by atoms with Crippen LogP contribution < -0.4 is 10.0 Å². The van der Waals surface area contributed by atoms with Gasteiger partial charge in [0.05, 0.1) is 29.5 Å². The van der Waals surface area contributed by atoms with Gasteiger partial charge in [-0.3, -0.25) is 0 Å². The maximum atomic E-state index is 13.2. The summed E-state index contributed by atoms with van der Waals surface area (Å²) in [7, 11) is -3.72. The average Bonchev–Trinajstić information content (AvgIpc) is 3.05. The highest BCUT2D eigenvalue weighted by Crippen LogP contribution is 2.35. The zero-order valence-electron chi connectivity index (χ0n) is 15.5. The van der Waals surface area contributed by atoms with E-state index < -0.39 is 52.3 Å². The number of aryl methyl sites for hydroxylation is 1. The lowest BCUT2D eigenvalue weighted by Gasteiger charge is -2.25. The number of primary sulfonamides is 1. The van der Waals surface area contributed by atoms with E-state index >= 15 is 0 Å². The number of nitrogens with two attached hydrogens (primary N) is 1. The molecule has 1 aromatic heterocycles. The maximum absolute atomic E-state index is 13.2. The van der Waals surface area contributed by atoms with Gasteiger partial charge in [-0.1, -0.05) is 5.16 Å². The molecule has 0 bridgehead atoms. The van der Waals surface area contributed by atoms with Crippen molar-refractivity contribution in [3.05, 3.63) is 41.0 Å². The minimum absolute atomic E-state index is 0.0161. The second kappa shape index (κ2) is 9.10. The molecule has 8 nitrogen and oxygen atoms in total. The molecule has 0 radical (unpaired) electrons. The number of alkyl halides is 6. The number of nitrogens with zero attached hydrogens (tertiary/aromatic N) is 4. The van der Waals surface area contributed by atoms with Crippen molar-refractivity contribution in [3.8, 4) is 6.07 Å². The molecule has 1 heterocycles. The van der Waals surface area contributed by atoms with E-state index in [1.165, 1.54) is 6.07 Å². The fourth-order valence-electron chi connectivity index (χ4n) is 2.57. The molecule has 31 heavy (non-hydrogen) atoms. The van der Waals surface area contributed by atoms with E-state index in [9.17, 15) is 34.8 Å². The molecule has 0 amide bonds. The summed E-state index contributed by atoms with van der Waals surface area (Å²) < 4.78 is 105. The summed E-state index contributed by atoms with van der Waals surface area (Å²) in [6.45, 7) is -2.27. The van der Waals surface area contributed by atoms with Crippen LogP contribution in [-0.4, -0.2) is 37.0 Å². The Morgan fingerprint density at radius 2 is 1.87 bits per heavy atom. The van der Waals surface area contributed by atoms with Gasteiger partial charge in [0.1, 0.15) is 6.54 Å². The van der Waals surface area contributed by atoms with Gasteiger partial charge in [0.15, 0.2) is 5.82 Å². The molecule has 170 valence electrons. The van der Waals surface area contributed by atoms with Gasteiger partial charge >= 0.3 is 12.4 Å². The van der Waals surface area contributed by atoms with Gasteiger partial charge in [-0.15, -0.1) is 0 Å². The van der Waals surface area contributed by atoms with Crippen LogP contribution in [0.4, 0.5) is 32.0 Å². The largest absolute Gasteiger partial charge is 0.417 e. The lowest BCUT2D eigenvalue weighted by atomic mass is 10.1. The minimum atomic E-state index is -4.95. The van der Waals surface area contributed by atoms with E-state index in [0.717, 1.165) is 12.1 Å². The van der Waals surface area contributed by atoms with E-state index in [4.69, 9.17) is 14.9 Å². The molecule has 0 saturated carbocycles. The summed E-state index contributed by atoms with van der Waals surface area (Å²) in [5.74, 6) is -0.703. The molecule has 0 aliphatic carbocycles. The second-order valence-electron chi connectivity index (χ2n) is 6.39. The Kier molecular flexibility index (Phi) is 7.17. The first-order valence-electron chi connectivity index (χ1n) is 8.43. The third-order valence-electron chi connectivity index (χ3n) is 3.83. The molecular formula is C16H15F6N5O3S. The molecular weight excluding hydrogens is 456 g/mol. The summed E-state index contributed by atoms with van der Waals surface area (Å²) in [5, 5.41) is 17.2. The molecule has 0 aliphatic heterocycles. The third-order valence-corrected chi connectivity index (χ3v) is 4.68. The van der Waals surface area contributed by atoms with E-state index in [0.29, 0.717) is 11.0 Å².